The van der Waals surface area contributed by atoms with Crippen molar-refractivity contribution in [2.24, 2.45) is 0 Å². The minimum Gasteiger partial charge on any atom is -0.312 e. The number of hydrogen-bond acceptors (Lipinski definition) is 4. The lowest BCUT2D eigenvalue weighted by Gasteiger charge is -2.08. The second-order valence-corrected chi connectivity index (χ2v) is 8.16. The average molecular weight is 395 g/mol. The molecule has 0 spiro atoms. The van der Waals surface area contributed by atoms with Crippen molar-refractivity contribution in [3.63, 3.8) is 0 Å². The van der Waals surface area contributed by atoms with Gasteiger partial charge < -0.3 is 5.32 Å². The summed E-state index contributed by atoms with van der Waals surface area (Å²) >= 11 is 4.25. The molecule has 0 aliphatic heterocycles. The summed E-state index contributed by atoms with van der Waals surface area (Å²) < 4.78 is 61.6. The van der Waals surface area contributed by atoms with Crippen molar-refractivity contribution >= 4 is 37.3 Å². The van der Waals surface area contributed by atoms with Crippen molar-refractivity contribution in [3.8, 4) is 0 Å². The molecule has 2 N–H and O–H groups in total. The highest BCUT2D eigenvalue weighted by Crippen LogP contribution is 2.31. The summed E-state index contributed by atoms with van der Waals surface area (Å²) in [5.41, 5.74) is 0. The van der Waals surface area contributed by atoms with Gasteiger partial charge in [-0.05, 0) is 35.0 Å². The van der Waals surface area contributed by atoms with E-state index in [0.29, 0.717) is 10.3 Å². The molecule has 0 radical (unpaired) electrons. The molecule has 0 fully saturated rings. The first-order valence-electron chi connectivity index (χ1n) is 5.71. The maximum Gasteiger partial charge on any atom is 0.402 e. The monoisotopic (exact) mass is 394 g/mol. The summed E-state index contributed by atoms with van der Waals surface area (Å²) in [4.78, 5) is 0.567. The van der Waals surface area contributed by atoms with E-state index in [2.05, 4.69) is 21.2 Å². The van der Waals surface area contributed by atoms with Crippen LogP contribution in [-0.4, -0.2) is 27.7 Å². The zero-order valence-corrected chi connectivity index (χ0v) is 13.8. The van der Waals surface area contributed by atoms with Gasteiger partial charge in [-0.25, -0.2) is 13.1 Å². The van der Waals surface area contributed by atoms with E-state index in [1.165, 1.54) is 17.4 Å². The lowest BCUT2D eigenvalue weighted by atomic mass is 10.4. The highest BCUT2D eigenvalue weighted by atomic mass is 79.9. The van der Waals surface area contributed by atoms with E-state index in [9.17, 15) is 21.6 Å². The van der Waals surface area contributed by atoms with Crippen molar-refractivity contribution in [1.29, 1.82) is 0 Å². The molecular formula is C10H14BrF3N2O2S2. The highest BCUT2D eigenvalue weighted by molar-refractivity contribution is 9.11. The summed E-state index contributed by atoms with van der Waals surface area (Å²) in [7, 11) is -4.17. The molecule has 0 amide bonds. The first-order chi connectivity index (χ1) is 9.15. The summed E-state index contributed by atoms with van der Waals surface area (Å²) in [5.74, 6) is 0. The zero-order chi connectivity index (χ0) is 15.4. The summed E-state index contributed by atoms with van der Waals surface area (Å²) in [5, 5.41) is 3.09. The minimum atomic E-state index is -4.58. The lowest BCUT2D eigenvalue weighted by Crippen LogP contribution is -2.33. The van der Waals surface area contributed by atoms with Crippen LogP contribution in [0.4, 0.5) is 13.2 Å². The van der Waals surface area contributed by atoms with Crippen molar-refractivity contribution < 1.29 is 21.6 Å². The van der Waals surface area contributed by atoms with E-state index in [4.69, 9.17) is 0 Å². The van der Waals surface area contributed by atoms with Gasteiger partial charge >= 0.3 is 6.18 Å². The van der Waals surface area contributed by atoms with Crippen LogP contribution in [-0.2, 0) is 16.6 Å². The third kappa shape index (κ3) is 5.68. The molecule has 20 heavy (non-hydrogen) atoms. The molecule has 1 aromatic heterocycles. The molecule has 0 atom stereocenters. The topological polar surface area (TPSA) is 58.2 Å². The second-order valence-electron chi connectivity index (χ2n) is 3.97. The van der Waals surface area contributed by atoms with Crippen LogP contribution in [0.3, 0.4) is 0 Å². The Morgan fingerprint density at radius 3 is 2.60 bits per heavy atom. The normalized spacial score (nSPS) is 12.8. The summed E-state index contributed by atoms with van der Waals surface area (Å²) in [6.07, 6.45) is -3.65. The number of thiophene rings is 1. The van der Waals surface area contributed by atoms with Gasteiger partial charge in [-0.15, -0.1) is 11.3 Å². The number of hydrogen-bond donors (Lipinski definition) is 2. The highest BCUT2D eigenvalue weighted by Gasteiger charge is 2.31. The van der Waals surface area contributed by atoms with Crippen molar-refractivity contribution in [2.75, 3.05) is 13.1 Å². The van der Waals surface area contributed by atoms with E-state index >= 15 is 0 Å². The Morgan fingerprint density at radius 1 is 1.40 bits per heavy atom. The van der Waals surface area contributed by atoms with Crippen molar-refractivity contribution in [2.45, 2.75) is 31.0 Å². The van der Waals surface area contributed by atoms with Gasteiger partial charge in [0.1, 0.15) is 11.4 Å². The maximum atomic E-state index is 12.1. The van der Waals surface area contributed by atoms with Crippen molar-refractivity contribution in [1.82, 2.24) is 10.0 Å². The van der Waals surface area contributed by atoms with Crippen molar-refractivity contribution in [3.05, 3.63) is 14.7 Å². The first-order valence-corrected chi connectivity index (χ1v) is 8.80. The quantitative estimate of drug-likeness (QED) is 0.699. The van der Waals surface area contributed by atoms with Crippen LogP contribution in [0, 0.1) is 0 Å². The first kappa shape index (κ1) is 17.9. The standard InChI is InChI=1S/C10H14BrF3N2O2S2/c1-2-3-15-5-7-4-8(9(11)19-7)20(17,18)16-6-10(12,13)14/h4,15-16H,2-3,5-6H2,1H3. The summed E-state index contributed by atoms with van der Waals surface area (Å²) in [6.45, 7) is 1.67. The van der Waals surface area contributed by atoms with E-state index < -0.39 is 22.7 Å². The number of nitrogens with one attached hydrogen (secondary N) is 2. The third-order valence-corrected chi connectivity index (χ3v) is 5.84. The Balaban J connectivity index is 2.79. The van der Waals surface area contributed by atoms with Gasteiger partial charge in [-0.2, -0.15) is 13.2 Å². The van der Waals surface area contributed by atoms with Gasteiger partial charge in [0.05, 0.1) is 3.79 Å². The van der Waals surface area contributed by atoms with Crippen LogP contribution in [0.25, 0.3) is 0 Å². The van der Waals surface area contributed by atoms with Gasteiger partial charge in [0.2, 0.25) is 10.0 Å². The molecule has 0 aromatic carbocycles. The molecule has 10 heteroatoms. The van der Waals surface area contributed by atoms with E-state index in [1.54, 1.807) is 4.72 Å². The number of halogens is 4. The molecule has 4 nitrogen and oxygen atoms in total. The predicted octanol–water partition coefficient (Wildman–Crippen LogP) is 2.85. The predicted molar refractivity (Wildman–Crippen MR) is 75.3 cm³/mol. The number of rotatable bonds is 7. The zero-order valence-electron chi connectivity index (χ0n) is 10.6. The Morgan fingerprint density at radius 2 is 2.05 bits per heavy atom. The van der Waals surface area contributed by atoms with Crippen LogP contribution in [0.15, 0.2) is 14.7 Å². The van der Waals surface area contributed by atoms with Crippen LogP contribution in [0.5, 0.6) is 0 Å². The maximum absolute atomic E-state index is 12.1. The molecule has 1 rings (SSSR count). The molecule has 0 aliphatic carbocycles. The molecule has 1 aromatic rings. The molecule has 0 unspecified atom stereocenters. The van der Waals surface area contributed by atoms with E-state index in [1.807, 2.05) is 6.92 Å². The number of alkyl halides is 3. The Kier molecular flexibility index (Phi) is 6.45. The lowest BCUT2D eigenvalue weighted by molar-refractivity contribution is -0.121. The Bertz CT molecular complexity index is 543. The SMILES string of the molecule is CCCNCc1cc(S(=O)(=O)NCC(F)(F)F)c(Br)s1. The molecular weight excluding hydrogens is 381 g/mol. The summed E-state index contributed by atoms with van der Waals surface area (Å²) in [6, 6.07) is 1.37. The molecule has 0 bridgehead atoms. The molecule has 1 heterocycles. The van der Waals surface area contributed by atoms with Gasteiger partial charge in [0.15, 0.2) is 0 Å². The Labute approximate surface area is 127 Å². The van der Waals surface area contributed by atoms with Crippen LogP contribution < -0.4 is 10.0 Å². The van der Waals surface area contributed by atoms with Gasteiger partial charge in [-0.1, -0.05) is 6.92 Å². The fourth-order valence-corrected chi connectivity index (χ4v) is 4.98. The van der Waals surface area contributed by atoms with E-state index in [-0.39, 0.29) is 4.90 Å². The van der Waals surface area contributed by atoms with Crippen LogP contribution in [0.2, 0.25) is 0 Å². The number of sulfonamides is 1. The fraction of sp³-hybridized carbons (Fsp3) is 0.600. The van der Waals surface area contributed by atoms with Gasteiger partial charge in [-0.3, -0.25) is 0 Å². The smallest absolute Gasteiger partial charge is 0.312 e. The molecule has 0 aliphatic rings. The third-order valence-electron chi connectivity index (χ3n) is 2.18. The molecule has 0 saturated carbocycles. The minimum absolute atomic E-state index is 0.167. The molecule has 116 valence electrons. The largest absolute Gasteiger partial charge is 0.402 e. The van der Waals surface area contributed by atoms with Gasteiger partial charge in [0, 0.05) is 11.4 Å². The Hall–Kier alpha value is -0.160. The molecule has 0 saturated heterocycles. The van der Waals surface area contributed by atoms with E-state index in [0.717, 1.165) is 17.8 Å². The van der Waals surface area contributed by atoms with Crippen LogP contribution in [0.1, 0.15) is 18.2 Å². The fourth-order valence-electron chi connectivity index (χ4n) is 1.31. The van der Waals surface area contributed by atoms with Gasteiger partial charge in [0.25, 0.3) is 0 Å². The second kappa shape index (κ2) is 7.21. The van der Waals surface area contributed by atoms with Crippen LogP contribution >= 0.6 is 27.3 Å². The average Bonchev–Trinajstić information content (AvgIpc) is 2.69.